The average molecular weight is 889 g/mol. The topological polar surface area (TPSA) is 105 Å². The summed E-state index contributed by atoms with van der Waals surface area (Å²) in [5, 5.41) is 0. The fourth-order valence-electron chi connectivity index (χ4n) is 8.23. The number of fused-ring (bicyclic) bond motifs is 1. The minimum absolute atomic E-state index is 0.0309. The molecule has 4 atom stereocenters. The van der Waals surface area contributed by atoms with E-state index in [1.807, 2.05) is 6.08 Å². The molecule has 0 bridgehead atoms. The third-order valence-electron chi connectivity index (χ3n) is 12.1. The van der Waals surface area contributed by atoms with Crippen LogP contribution in [0, 0.1) is 29.1 Å². The van der Waals surface area contributed by atoms with Crippen LogP contribution in [-0.4, -0.2) is 52.3 Å². The molecule has 8 nitrogen and oxygen atoms in total. The SMILES string of the molecule is C=CC(=C)CCC=C(C)C.C=CC(=O)OC.COC(=O)C1CC=C(CCC=C(C)C)CC1.COC(=O)C1CC=C2CCCC(C)(C)C2C1.COC(=O)C1CCC=C(CCC=C(C)C)C1. The lowest BCUT2D eigenvalue weighted by atomic mass is 9.61. The second-order valence-corrected chi connectivity index (χ2v) is 18.6. The zero-order chi connectivity index (χ0) is 48.7. The van der Waals surface area contributed by atoms with Gasteiger partial charge in [0.1, 0.15) is 0 Å². The average Bonchev–Trinajstić information content (AvgIpc) is 3.28. The monoisotopic (exact) mass is 889 g/mol. The molecule has 4 aliphatic carbocycles. The summed E-state index contributed by atoms with van der Waals surface area (Å²) in [6.45, 7) is 28.0. The molecule has 0 aromatic rings. The molecule has 0 amide bonds. The van der Waals surface area contributed by atoms with E-state index in [9.17, 15) is 19.2 Å². The van der Waals surface area contributed by atoms with Gasteiger partial charge in [0.2, 0.25) is 0 Å². The number of carbonyl (C=O) groups is 4. The maximum absolute atomic E-state index is 11.6. The summed E-state index contributed by atoms with van der Waals surface area (Å²) in [6, 6.07) is 0. The summed E-state index contributed by atoms with van der Waals surface area (Å²) in [7, 11) is 5.75. The summed E-state index contributed by atoms with van der Waals surface area (Å²) in [5.74, 6) is 0.350. The van der Waals surface area contributed by atoms with Crippen molar-refractivity contribution in [1.29, 1.82) is 0 Å². The zero-order valence-electron chi connectivity index (χ0n) is 42.3. The van der Waals surface area contributed by atoms with E-state index in [2.05, 4.69) is 116 Å². The lowest BCUT2D eigenvalue weighted by Crippen LogP contribution is -2.35. The molecule has 64 heavy (non-hydrogen) atoms. The Morgan fingerprint density at radius 3 is 1.67 bits per heavy atom. The van der Waals surface area contributed by atoms with Crippen molar-refractivity contribution in [2.75, 3.05) is 28.4 Å². The molecule has 4 aliphatic rings. The Labute approximate surface area is 390 Å². The smallest absolute Gasteiger partial charge is 0.329 e. The summed E-state index contributed by atoms with van der Waals surface area (Å²) in [4.78, 5) is 44.2. The highest BCUT2D eigenvalue weighted by Crippen LogP contribution is 2.49. The van der Waals surface area contributed by atoms with Crippen molar-refractivity contribution >= 4 is 23.9 Å². The first kappa shape index (κ1) is 59.5. The Bertz CT molecular complexity index is 1670. The number of carbonyl (C=O) groups excluding carboxylic acids is 4. The summed E-state index contributed by atoms with van der Waals surface area (Å²) in [6.07, 6.45) is 34.5. The van der Waals surface area contributed by atoms with Gasteiger partial charge >= 0.3 is 23.9 Å². The van der Waals surface area contributed by atoms with E-state index in [0.717, 1.165) is 102 Å². The summed E-state index contributed by atoms with van der Waals surface area (Å²) >= 11 is 0. The molecule has 4 rings (SSSR count). The van der Waals surface area contributed by atoms with Gasteiger partial charge in [-0.1, -0.05) is 115 Å². The lowest BCUT2D eigenvalue weighted by Gasteiger charge is -2.44. The van der Waals surface area contributed by atoms with Gasteiger partial charge in [-0.3, -0.25) is 14.4 Å². The van der Waals surface area contributed by atoms with Gasteiger partial charge in [0.15, 0.2) is 0 Å². The van der Waals surface area contributed by atoms with Crippen LogP contribution in [0.4, 0.5) is 0 Å². The first-order valence-electron chi connectivity index (χ1n) is 23.5. The number of hydrogen-bond acceptors (Lipinski definition) is 8. The maximum atomic E-state index is 11.6. The Morgan fingerprint density at radius 2 is 1.19 bits per heavy atom. The first-order chi connectivity index (χ1) is 30.3. The molecule has 0 saturated heterocycles. The van der Waals surface area contributed by atoms with Crippen molar-refractivity contribution in [2.24, 2.45) is 29.1 Å². The molecular formula is C56H88O8. The Balaban J connectivity index is 0.000000802. The summed E-state index contributed by atoms with van der Waals surface area (Å²) in [5.41, 5.74) is 10.1. The van der Waals surface area contributed by atoms with Crippen LogP contribution in [-0.2, 0) is 38.1 Å². The van der Waals surface area contributed by atoms with Crippen molar-refractivity contribution < 1.29 is 38.1 Å². The van der Waals surface area contributed by atoms with E-state index in [4.69, 9.17) is 14.2 Å². The Morgan fingerprint density at radius 1 is 0.656 bits per heavy atom. The second-order valence-electron chi connectivity index (χ2n) is 18.6. The minimum Gasteiger partial charge on any atom is -0.469 e. The summed E-state index contributed by atoms with van der Waals surface area (Å²) < 4.78 is 18.6. The van der Waals surface area contributed by atoms with Gasteiger partial charge in [-0.05, 0) is 162 Å². The van der Waals surface area contributed by atoms with Crippen LogP contribution in [0.1, 0.15) is 165 Å². The second kappa shape index (κ2) is 34.0. The van der Waals surface area contributed by atoms with Crippen LogP contribution in [0.3, 0.4) is 0 Å². The Kier molecular flexibility index (Phi) is 31.6. The largest absolute Gasteiger partial charge is 0.469 e. The molecule has 0 heterocycles. The molecule has 0 radical (unpaired) electrons. The van der Waals surface area contributed by atoms with Crippen molar-refractivity contribution in [2.45, 2.75) is 165 Å². The molecule has 8 heteroatoms. The Hall–Kier alpha value is -4.46. The van der Waals surface area contributed by atoms with E-state index in [-0.39, 0.29) is 35.7 Å². The number of esters is 4. The van der Waals surface area contributed by atoms with Crippen LogP contribution in [0.25, 0.3) is 0 Å². The lowest BCUT2D eigenvalue weighted by molar-refractivity contribution is -0.147. The molecule has 0 aromatic carbocycles. The van der Waals surface area contributed by atoms with Crippen molar-refractivity contribution in [3.05, 3.63) is 107 Å². The van der Waals surface area contributed by atoms with Gasteiger partial charge in [-0.25, -0.2) is 4.79 Å². The third-order valence-corrected chi connectivity index (χ3v) is 12.1. The van der Waals surface area contributed by atoms with Crippen molar-refractivity contribution in [3.8, 4) is 0 Å². The molecule has 1 saturated carbocycles. The minimum atomic E-state index is -0.394. The van der Waals surface area contributed by atoms with Crippen LogP contribution in [0.15, 0.2) is 107 Å². The van der Waals surface area contributed by atoms with E-state index in [1.54, 1.807) is 5.57 Å². The predicted molar refractivity (Wildman–Crippen MR) is 266 cm³/mol. The van der Waals surface area contributed by atoms with Gasteiger partial charge in [0, 0.05) is 6.08 Å². The number of allylic oxidation sites excluding steroid dienone is 14. The molecule has 4 unspecified atom stereocenters. The first-order valence-corrected chi connectivity index (χ1v) is 23.5. The van der Waals surface area contributed by atoms with Gasteiger partial charge in [-0.15, -0.1) is 0 Å². The van der Waals surface area contributed by atoms with Gasteiger partial charge in [0.25, 0.3) is 0 Å². The standard InChI is InChI=1S/3C14H22O2.C10H16.C4H6O2/c1-14(2)8-4-5-10-6-7-11(9-12(10)14)13(15)16-3;1-11(2)6-4-7-12-8-5-9-13(10-12)14(15)16-3;1-11(2)5-4-6-12-7-9-13(10-8-12)14(15)16-3;1-5-10(4)8-6-7-9(2)3;1-3-4(5)6-2/h6,11-12H,4-5,7-9H2,1-3H3;6,8,13H,4-5,7,9-10H2,1-3H3;5,7,13H,4,6,8-10H2,1-3H3;5,7H,1,4,6,8H2,2-3H3;3H,1H2,2H3. The highest BCUT2D eigenvalue weighted by atomic mass is 16.5. The predicted octanol–water partition coefficient (Wildman–Crippen LogP) is 14.4. The number of rotatable bonds is 14. The zero-order valence-corrected chi connectivity index (χ0v) is 42.3. The normalized spacial score (nSPS) is 20.1. The molecular weight excluding hydrogens is 801 g/mol. The number of methoxy groups -OCH3 is 4. The van der Waals surface area contributed by atoms with Crippen molar-refractivity contribution in [3.63, 3.8) is 0 Å². The molecule has 0 spiro atoms. The van der Waals surface area contributed by atoms with Crippen LogP contribution >= 0.6 is 0 Å². The van der Waals surface area contributed by atoms with Crippen LogP contribution in [0.5, 0.6) is 0 Å². The maximum Gasteiger partial charge on any atom is 0.329 e. The van der Waals surface area contributed by atoms with Crippen molar-refractivity contribution in [1.82, 2.24) is 0 Å². The number of hydrogen-bond donors (Lipinski definition) is 0. The van der Waals surface area contributed by atoms with E-state index < -0.39 is 5.97 Å². The van der Waals surface area contributed by atoms with Gasteiger partial charge in [0.05, 0.1) is 46.2 Å². The fourth-order valence-corrected chi connectivity index (χ4v) is 8.23. The third kappa shape index (κ3) is 26.4. The van der Waals surface area contributed by atoms with E-state index >= 15 is 0 Å². The quantitative estimate of drug-likeness (QED) is 0.0558. The van der Waals surface area contributed by atoms with Crippen LogP contribution < -0.4 is 0 Å². The fraction of sp³-hybridized carbons (Fsp3) is 0.607. The highest BCUT2D eigenvalue weighted by molar-refractivity contribution is 5.81. The van der Waals surface area contributed by atoms with Gasteiger partial charge < -0.3 is 18.9 Å². The molecule has 0 aliphatic heterocycles. The molecule has 360 valence electrons. The number of ether oxygens (including phenoxy) is 4. The molecule has 0 aromatic heterocycles. The van der Waals surface area contributed by atoms with Crippen LogP contribution in [0.2, 0.25) is 0 Å². The van der Waals surface area contributed by atoms with E-state index in [1.165, 1.54) is 75.6 Å². The van der Waals surface area contributed by atoms with Gasteiger partial charge in [-0.2, -0.15) is 0 Å². The molecule has 1 fully saturated rings. The molecule has 0 N–H and O–H groups in total. The van der Waals surface area contributed by atoms with E-state index in [0.29, 0.717) is 11.3 Å². The highest BCUT2D eigenvalue weighted by Gasteiger charge is 2.40.